The van der Waals surface area contributed by atoms with Crippen LogP contribution in [0.1, 0.15) is 34.1 Å². The van der Waals surface area contributed by atoms with Gasteiger partial charge in [-0.2, -0.15) is 0 Å². The number of anilines is 1. The maximum atomic E-state index is 12.5. The van der Waals surface area contributed by atoms with Crippen molar-refractivity contribution in [3.63, 3.8) is 0 Å². The second-order valence-electron chi connectivity index (χ2n) is 5.79. The average molecular weight is 406 g/mol. The van der Waals surface area contributed by atoms with Crippen molar-refractivity contribution >= 4 is 27.6 Å². The number of sulfonamides is 1. The number of hydrogen-bond acceptors (Lipinski definition) is 6. The number of ether oxygens (including phenoxy) is 2. The summed E-state index contributed by atoms with van der Waals surface area (Å²) >= 11 is 0. The molecule has 150 valence electrons. The van der Waals surface area contributed by atoms with Crippen molar-refractivity contribution in [2.75, 3.05) is 26.1 Å². The van der Waals surface area contributed by atoms with Crippen molar-refractivity contribution < 1.29 is 27.5 Å². The molecule has 0 aromatic heterocycles. The number of rotatable bonds is 8. The zero-order valence-corrected chi connectivity index (χ0v) is 16.6. The van der Waals surface area contributed by atoms with Crippen molar-refractivity contribution in [1.82, 2.24) is 4.72 Å². The van der Waals surface area contributed by atoms with Gasteiger partial charge in [0.2, 0.25) is 10.0 Å². The summed E-state index contributed by atoms with van der Waals surface area (Å²) in [5, 5.41) is 2.65. The zero-order chi connectivity index (χ0) is 20.7. The fourth-order valence-corrected chi connectivity index (χ4v) is 3.68. The van der Waals surface area contributed by atoms with Crippen molar-refractivity contribution in [3.8, 4) is 5.75 Å². The summed E-state index contributed by atoms with van der Waals surface area (Å²) in [6.45, 7) is 2.11. The zero-order valence-electron chi connectivity index (χ0n) is 15.8. The third kappa shape index (κ3) is 5.08. The Morgan fingerprint density at radius 1 is 1.00 bits per heavy atom. The SMILES string of the molecule is CCCNS(=O)(=O)c1cc(C(=O)Nc2ccc(C(=O)OC)cc2)ccc1OC. The number of hydrogen-bond donors (Lipinski definition) is 2. The van der Waals surface area contributed by atoms with Crippen LogP contribution in [-0.2, 0) is 14.8 Å². The second kappa shape index (κ2) is 9.34. The number of carbonyl (C=O) groups excluding carboxylic acids is 2. The molecule has 0 heterocycles. The van der Waals surface area contributed by atoms with E-state index in [9.17, 15) is 18.0 Å². The highest BCUT2D eigenvalue weighted by Gasteiger charge is 2.21. The average Bonchev–Trinajstić information content (AvgIpc) is 2.71. The molecule has 0 spiro atoms. The lowest BCUT2D eigenvalue weighted by Crippen LogP contribution is -2.25. The van der Waals surface area contributed by atoms with Gasteiger partial charge in [0.1, 0.15) is 10.6 Å². The molecular weight excluding hydrogens is 384 g/mol. The van der Waals surface area contributed by atoms with Gasteiger partial charge in [0.05, 0.1) is 19.8 Å². The molecule has 0 aliphatic rings. The molecule has 0 radical (unpaired) electrons. The Balaban J connectivity index is 2.26. The Labute approximate surface area is 163 Å². The minimum Gasteiger partial charge on any atom is -0.495 e. The Kier molecular flexibility index (Phi) is 7.13. The Hall–Kier alpha value is -2.91. The van der Waals surface area contributed by atoms with Crippen LogP contribution in [0.4, 0.5) is 5.69 Å². The molecule has 0 unspecified atom stereocenters. The maximum Gasteiger partial charge on any atom is 0.337 e. The van der Waals surface area contributed by atoms with Crippen LogP contribution in [0.2, 0.25) is 0 Å². The van der Waals surface area contributed by atoms with Crippen LogP contribution in [-0.4, -0.2) is 41.1 Å². The Morgan fingerprint density at radius 3 is 2.21 bits per heavy atom. The summed E-state index contributed by atoms with van der Waals surface area (Å²) in [5.74, 6) is -0.842. The Morgan fingerprint density at radius 2 is 1.64 bits per heavy atom. The molecule has 2 aromatic rings. The van der Waals surface area contributed by atoms with E-state index < -0.39 is 21.9 Å². The number of esters is 1. The molecule has 0 saturated heterocycles. The van der Waals surface area contributed by atoms with Crippen LogP contribution in [0.25, 0.3) is 0 Å². The number of methoxy groups -OCH3 is 2. The van der Waals surface area contributed by atoms with Crippen LogP contribution in [0.15, 0.2) is 47.4 Å². The number of amides is 1. The lowest BCUT2D eigenvalue weighted by Gasteiger charge is -2.12. The smallest absolute Gasteiger partial charge is 0.337 e. The molecule has 2 rings (SSSR count). The normalized spacial score (nSPS) is 11.0. The molecule has 1 amide bonds. The summed E-state index contributed by atoms with van der Waals surface area (Å²) in [5.41, 5.74) is 0.942. The van der Waals surface area contributed by atoms with E-state index in [1.807, 2.05) is 6.92 Å². The number of carbonyl (C=O) groups is 2. The third-order valence-corrected chi connectivity index (χ3v) is 5.30. The van der Waals surface area contributed by atoms with Gasteiger partial charge in [-0.15, -0.1) is 0 Å². The van der Waals surface area contributed by atoms with Crippen LogP contribution < -0.4 is 14.8 Å². The van der Waals surface area contributed by atoms with Crippen molar-refractivity contribution in [2.45, 2.75) is 18.2 Å². The van der Waals surface area contributed by atoms with Crippen molar-refractivity contribution in [2.24, 2.45) is 0 Å². The van der Waals surface area contributed by atoms with Gasteiger partial charge in [-0.25, -0.2) is 17.9 Å². The Bertz CT molecular complexity index is 955. The quantitative estimate of drug-likeness (QED) is 0.652. The molecule has 2 aromatic carbocycles. The van der Waals surface area contributed by atoms with E-state index in [4.69, 9.17) is 4.74 Å². The fraction of sp³-hybridized carbons (Fsp3) is 0.263. The molecule has 0 atom stereocenters. The molecular formula is C19H22N2O6S. The van der Waals surface area contributed by atoms with Gasteiger partial charge in [-0.05, 0) is 48.9 Å². The molecule has 0 bridgehead atoms. The van der Waals surface area contributed by atoms with Crippen molar-refractivity contribution in [3.05, 3.63) is 53.6 Å². The molecule has 0 aliphatic carbocycles. The van der Waals surface area contributed by atoms with Gasteiger partial charge < -0.3 is 14.8 Å². The van der Waals surface area contributed by atoms with Gasteiger partial charge in [0.25, 0.3) is 5.91 Å². The molecule has 9 heteroatoms. The highest BCUT2D eigenvalue weighted by molar-refractivity contribution is 7.89. The summed E-state index contributed by atoms with van der Waals surface area (Å²) in [6, 6.07) is 10.3. The largest absolute Gasteiger partial charge is 0.495 e. The minimum atomic E-state index is -3.82. The van der Waals surface area contributed by atoms with Crippen LogP contribution >= 0.6 is 0 Å². The van der Waals surface area contributed by atoms with E-state index in [1.54, 1.807) is 12.1 Å². The van der Waals surface area contributed by atoms with Crippen LogP contribution in [0.5, 0.6) is 5.75 Å². The summed E-state index contributed by atoms with van der Waals surface area (Å²) in [4.78, 5) is 23.9. The van der Waals surface area contributed by atoms with E-state index >= 15 is 0 Å². The van der Waals surface area contributed by atoms with Gasteiger partial charge in [0, 0.05) is 17.8 Å². The molecule has 0 saturated carbocycles. The minimum absolute atomic E-state index is 0.114. The molecule has 0 aliphatic heterocycles. The van der Waals surface area contributed by atoms with Gasteiger partial charge >= 0.3 is 5.97 Å². The van der Waals surface area contributed by atoms with Crippen LogP contribution in [0.3, 0.4) is 0 Å². The van der Waals surface area contributed by atoms with E-state index in [0.29, 0.717) is 17.7 Å². The third-order valence-electron chi connectivity index (χ3n) is 3.82. The van der Waals surface area contributed by atoms with Crippen molar-refractivity contribution in [1.29, 1.82) is 0 Å². The standard InChI is InChI=1S/C19H22N2O6S/c1-4-11-20-28(24,25)17-12-14(7-10-16(17)26-2)18(22)21-15-8-5-13(6-9-15)19(23)27-3/h5-10,12,20H,4,11H2,1-3H3,(H,21,22). The maximum absolute atomic E-state index is 12.5. The van der Waals surface area contributed by atoms with E-state index in [0.717, 1.165) is 0 Å². The fourth-order valence-electron chi connectivity index (χ4n) is 2.35. The first-order chi connectivity index (χ1) is 13.3. The van der Waals surface area contributed by atoms with Gasteiger partial charge in [-0.1, -0.05) is 6.92 Å². The predicted molar refractivity (Wildman–Crippen MR) is 104 cm³/mol. The first-order valence-electron chi connectivity index (χ1n) is 8.49. The molecule has 2 N–H and O–H groups in total. The highest BCUT2D eigenvalue weighted by Crippen LogP contribution is 2.25. The first-order valence-corrected chi connectivity index (χ1v) is 9.98. The molecule has 28 heavy (non-hydrogen) atoms. The lowest BCUT2D eigenvalue weighted by atomic mass is 10.1. The van der Waals surface area contributed by atoms with E-state index in [-0.39, 0.29) is 22.8 Å². The van der Waals surface area contributed by atoms with Gasteiger partial charge in [-0.3, -0.25) is 4.79 Å². The molecule has 0 fully saturated rings. The van der Waals surface area contributed by atoms with E-state index in [2.05, 4.69) is 14.8 Å². The lowest BCUT2D eigenvalue weighted by molar-refractivity contribution is 0.0600. The topological polar surface area (TPSA) is 111 Å². The second-order valence-corrected chi connectivity index (χ2v) is 7.52. The van der Waals surface area contributed by atoms with E-state index in [1.165, 1.54) is 44.6 Å². The predicted octanol–water partition coefficient (Wildman–Crippen LogP) is 2.42. The summed E-state index contributed by atoms with van der Waals surface area (Å²) in [7, 11) is -1.18. The number of benzene rings is 2. The van der Waals surface area contributed by atoms with Crippen LogP contribution in [0, 0.1) is 0 Å². The molecule has 8 nitrogen and oxygen atoms in total. The summed E-state index contributed by atoms with van der Waals surface area (Å²) in [6.07, 6.45) is 0.628. The summed E-state index contributed by atoms with van der Waals surface area (Å²) < 4.78 is 37.1. The monoisotopic (exact) mass is 406 g/mol. The number of nitrogens with one attached hydrogen (secondary N) is 2. The first kappa shape index (κ1) is 21.4. The van der Waals surface area contributed by atoms with Gasteiger partial charge in [0.15, 0.2) is 0 Å². The highest BCUT2D eigenvalue weighted by atomic mass is 32.2.